The molecule has 0 aliphatic carbocycles. The molecular weight excluding hydrogens is 316 g/mol. The summed E-state index contributed by atoms with van der Waals surface area (Å²) in [6.45, 7) is 2.82. The number of carbonyl (C=O) groups is 1. The summed E-state index contributed by atoms with van der Waals surface area (Å²) in [7, 11) is 1.63. The van der Waals surface area contributed by atoms with E-state index in [9.17, 15) is 4.79 Å². The van der Waals surface area contributed by atoms with Gasteiger partial charge in [0.15, 0.2) is 0 Å². The second-order valence-electron chi connectivity index (χ2n) is 4.59. The van der Waals surface area contributed by atoms with Gasteiger partial charge >= 0.3 is 0 Å². The molecule has 1 amide bonds. The van der Waals surface area contributed by atoms with Crippen molar-refractivity contribution in [3.05, 3.63) is 63.6 Å². The van der Waals surface area contributed by atoms with Crippen molar-refractivity contribution in [2.24, 2.45) is 0 Å². The highest BCUT2D eigenvalue weighted by molar-refractivity contribution is 9.10. The maximum Gasteiger partial charge on any atom is 0.251 e. The van der Waals surface area contributed by atoms with E-state index in [-0.39, 0.29) is 5.91 Å². The van der Waals surface area contributed by atoms with Gasteiger partial charge in [0.25, 0.3) is 5.91 Å². The van der Waals surface area contributed by atoms with Crippen LogP contribution in [-0.4, -0.2) is 13.0 Å². The fourth-order valence-electron chi connectivity index (χ4n) is 1.83. The minimum Gasteiger partial charge on any atom is -0.381 e. The van der Waals surface area contributed by atoms with Crippen LogP contribution in [0.4, 0.5) is 5.69 Å². The lowest BCUT2D eigenvalue weighted by Crippen LogP contribution is -2.17. The van der Waals surface area contributed by atoms with E-state index in [4.69, 9.17) is 0 Å². The molecule has 2 aromatic rings. The Balaban J connectivity index is 2.00. The predicted octanol–water partition coefficient (Wildman–Crippen LogP) is 3.73. The number of nitrogens with one attached hydrogen (secondary N) is 2. The molecular formula is C16H17BrN2O. The van der Waals surface area contributed by atoms with Crippen LogP contribution in [0.15, 0.2) is 46.9 Å². The molecule has 0 atom stereocenters. The molecule has 0 fully saturated rings. The van der Waals surface area contributed by atoms with Gasteiger partial charge in [0.1, 0.15) is 0 Å². The van der Waals surface area contributed by atoms with Gasteiger partial charge in [-0.2, -0.15) is 0 Å². The fourth-order valence-corrected chi connectivity index (χ4v) is 2.26. The first-order valence-electron chi connectivity index (χ1n) is 6.41. The Labute approximate surface area is 127 Å². The van der Waals surface area contributed by atoms with Gasteiger partial charge < -0.3 is 10.6 Å². The number of aryl methyl sites for hydroxylation is 1. The maximum atomic E-state index is 11.4. The summed E-state index contributed by atoms with van der Waals surface area (Å²) < 4.78 is 1.12. The van der Waals surface area contributed by atoms with Crippen molar-refractivity contribution < 1.29 is 4.79 Å². The lowest BCUT2D eigenvalue weighted by Gasteiger charge is -2.08. The zero-order valence-corrected chi connectivity index (χ0v) is 13.1. The third-order valence-corrected chi connectivity index (χ3v) is 3.96. The summed E-state index contributed by atoms with van der Waals surface area (Å²) in [6, 6.07) is 13.8. The minimum atomic E-state index is -0.0704. The standard InChI is InChI=1S/C16H17BrN2O/c1-11-3-4-12(9-15(11)17)10-19-14-7-5-13(6-8-14)16(20)18-2/h3-9,19H,10H2,1-2H3,(H,18,20). The monoisotopic (exact) mass is 332 g/mol. The average molecular weight is 333 g/mol. The van der Waals surface area contributed by atoms with Crippen LogP contribution in [-0.2, 0) is 6.54 Å². The van der Waals surface area contributed by atoms with E-state index in [1.54, 1.807) is 7.05 Å². The molecule has 0 bridgehead atoms. The van der Waals surface area contributed by atoms with E-state index < -0.39 is 0 Å². The Hall–Kier alpha value is -1.81. The number of halogens is 1. The lowest BCUT2D eigenvalue weighted by molar-refractivity contribution is 0.0963. The summed E-state index contributed by atoms with van der Waals surface area (Å²) >= 11 is 3.53. The van der Waals surface area contributed by atoms with Crippen molar-refractivity contribution in [2.75, 3.05) is 12.4 Å². The van der Waals surface area contributed by atoms with Crippen molar-refractivity contribution in [1.82, 2.24) is 5.32 Å². The van der Waals surface area contributed by atoms with Gasteiger partial charge in [-0.05, 0) is 48.4 Å². The molecule has 0 heterocycles. The topological polar surface area (TPSA) is 41.1 Å². The molecule has 0 radical (unpaired) electrons. The van der Waals surface area contributed by atoms with E-state index >= 15 is 0 Å². The van der Waals surface area contributed by atoms with Crippen LogP contribution in [0.3, 0.4) is 0 Å². The third kappa shape index (κ3) is 3.61. The van der Waals surface area contributed by atoms with E-state index in [1.807, 2.05) is 24.3 Å². The minimum absolute atomic E-state index is 0.0704. The zero-order valence-electron chi connectivity index (χ0n) is 11.5. The summed E-state index contributed by atoms with van der Waals surface area (Å²) in [5.74, 6) is -0.0704. The second kappa shape index (κ2) is 6.57. The Bertz CT molecular complexity index is 608. The molecule has 20 heavy (non-hydrogen) atoms. The summed E-state index contributed by atoms with van der Waals surface area (Å²) in [5, 5.41) is 5.94. The largest absolute Gasteiger partial charge is 0.381 e. The van der Waals surface area contributed by atoms with Crippen LogP contribution in [0.2, 0.25) is 0 Å². The molecule has 0 aliphatic rings. The third-order valence-electron chi connectivity index (χ3n) is 3.11. The van der Waals surface area contributed by atoms with Crippen molar-refractivity contribution >= 4 is 27.5 Å². The van der Waals surface area contributed by atoms with Gasteiger partial charge in [0.05, 0.1) is 0 Å². The summed E-state index contributed by atoms with van der Waals surface area (Å²) in [4.78, 5) is 11.4. The van der Waals surface area contributed by atoms with Gasteiger partial charge in [-0.3, -0.25) is 4.79 Å². The number of benzene rings is 2. The molecule has 3 nitrogen and oxygen atoms in total. The lowest BCUT2D eigenvalue weighted by atomic mass is 10.1. The SMILES string of the molecule is CNC(=O)c1ccc(NCc2ccc(C)c(Br)c2)cc1. The highest BCUT2D eigenvalue weighted by Crippen LogP contribution is 2.18. The van der Waals surface area contributed by atoms with Gasteiger partial charge in [-0.15, -0.1) is 0 Å². The summed E-state index contributed by atoms with van der Waals surface area (Å²) in [5.41, 5.74) is 4.09. The first-order valence-corrected chi connectivity index (χ1v) is 7.20. The Kier molecular flexibility index (Phi) is 4.79. The average Bonchev–Trinajstić information content (AvgIpc) is 2.48. The Morgan fingerprint density at radius 3 is 2.45 bits per heavy atom. The molecule has 0 unspecified atom stereocenters. The number of hydrogen-bond acceptors (Lipinski definition) is 2. The predicted molar refractivity (Wildman–Crippen MR) is 86.0 cm³/mol. The quantitative estimate of drug-likeness (QED) is 0.895. The number of amides is 1. The van der Waals surface area contributed by atoms with Crippen molar-refractivity contribution in [2.45, 2.75) is 13.5 Å². The van der Waals surface area contributed by atoms with Crippen LogP contribution in [0.25, 0.3) is 0 Å². The van der Waals surface area contributed by atoms with E-state index in [0.717, 1.165) is 16.7 Å². The van der Waals surface area contributed by atoms with E-state index in [1.165, 1.54) is 11.1 Å². The maximum absolute atomic E-state index is 11.4. The van der Waals surface area contributed by atoms with Crippen LogP contribution in [0, 0.1) is 6.92 Å². The first kappa shape index (κ1) is 14.6. The number of carbonyl (C=O) groups excluding carboxylic acids is 1. The number of rotatable bonds is 4. The Morgan fingerprint density at radius 1 is 1.15 bits per heavy atom. The molecule has 0 spiro atoms. The Morgan fingerprint density at radius 2 is 1.85 bits per heavy atom. The van der Waals surface area contributed by atoms with Gasteiger partial charge in [0.2, 0.25) is 0 Å². The van der Waals surface area contributed by atoms with Crippen LogP contribution >= 0.6 is 15.9 Å². The van der Waals surface area contributed by atoms with E-state index in [0.29, 0.717) is 5.56 Å². The fraction of sp³-hybridized carbons (Fsp3) is 0.188. The van der Waals surface area contributed by atoms with Gasteiger partial charge in [-0.25, -0.2) is 0 Å². The van der Waals surface area contributed by atoms with Crippen LogP contribution in [0.5, 0.6) is 0 Å². The molecule has 0 aromatic heterocycles. The van der Waals surface area contributed by atoms with Crippen LogP contribution < -0.4 is 10.6 Å². The highest BCUT2D eigenvalue weighted by atomic mass is 79.9. The number of hydrogen-bond donors (Lipinski definition) is 2. The van der Waals surface area contributed by atoms with E-state index in [2.05, 4.69) is 51.7 Å². The molecule has 104 valence electrons. The molecule has 2 N–H and O–H groups in total. The molecule has 0 aliphatic heterocycles. The molecule has 2 aromatic carbocycles. The van der Waals surface area contributed by atoms with Gasteiger partial charge in [0, 0.05) is 29.3 Å². The summed E-state index contributed by atoms with van der Waals surface area (Å²) in [6.07, 6.45) is 0. The van der Waals surface area contributed by atoms with Crippen molar-refractivity contribution in [1.29, 1.82) is 0 Å². The number of anilines is 1. The smallest absolute Gasteiger partial charge is 0.251 e. The molecule has 0 saturated heterocycles. The van der Waals surface area contributed by atoms with Crippen LogP contribution in [0.1, 0.15) is 21.5 Å². The molecule has 4 heteroatoms. The zero-order chi connectivity index (χ0) is 14.5. The normalized spacial score (nSPS) is 10.2. The molecule has 2 rings (SSSR count). The van der Waals surface area contributed by atoms with Gasteiger partial charge in [-0.1, -0.05) is 28.1 Å². The first-order chi connectivity index (χ1) is 9.60. The van der Waals surface area contributed by atoms with Crippen molar-refractivity contribution in [3.8, 4) is 0 Å². The highest BCUT2D eigenvalue weighted by Gasteiger charge is 2.02. The second-order valence-corrected chi connectivity index (χ2v) is 5.45. The molecule has 0 saturated carbocycles. The van der Waals surface area contributed by atoms with Crippen molar-refractivity contribution in [3.63, 3.8) is 0 Å².